The Hall–Kier alpha value is -3.69. The summed E-state index contributed by atoms with van der Waals surface area (Å²) in [6.45, 7) is 0. The van der Waals surface area contributed by atoms with Crippen molar-refractivity contribution in [1.29, 1.82) is 0 Å². The fourth-order valence-electron chi connectivity index (χ4n) is 4.56. The molecule has 184 valence electrons. The fraction of sp³-hybridized carbons (Fsp3) is 0.143. The second-order valence-corrected chi connectivity index (χ2v) is 10.8. The third-order valence-electron chi connectivity index (χ3n) is 6.45. The van der Waals surface area contributed by atoms with Crippen LogP contribution in [0.4, 0.5) is 5.69 Å². The molecule has 1 aliphatic carbocycles. The first-order chi connectivity index (χ1) is 18.0. The van der Waals surface area contributed by atoms with Gasteiger partial charge >= 0.3 is 0 Å². The monoisotopic (exact) mass is 571 g/mol. The maximum absolute atomic E-state index is 12.9. The molecule has 0 radical (unpaired) electrons. The SMILES string of the molecule is NC(=O)c1ccc(NC(=O)CSc2nc3ncccc3n2-c2ccc(C3CC3)c3ccccc23)c(Br)c1. The Morgan fingerprint density at radius 1 is 1.05 bits per heavy atom. The number of benzene rings is 3. The lowest BCUT2D eigenvalue weighted by Gasteiger charge is -2.15. The molecule has 0 unspecified atom stereocenters. The molecule has 5 aromatic rings. The summed E-state index contributed by atoms with van der Waals surface area (Å²) in [5.74, 6) is 0.0530. The molecule has 0 atom stereocenters. The number of carbonyl (C=O) groups is 2. The molecule has 1 saturated carbocycles. The summed E-state index contributed by atoms with van der Waals surface area (Å²) in [4.78, 5) is 33.5. The number of rotatable bonds is 7. The summed E-state index contributed by atoms with van der Waals surface area (Å²) in [5, 5.41) is 5.98. The summed E-state index contributed by atoms with van der Waals surface area (Å²) in [7, 11) is 0. The highest BCUT2D eigenvalue weighted by molar-refractivity contribution is 9.10. The van der Waals surface area contributed by atoms with Gasteiger partial charge in [0.05, 0.1) is 22.6 Å². The van der Waals surface area contributed by atoms with Crippen molar-refractivity contribution in [3.8, 4) is 5.69 Å². The van der Waals surface area contributed by atoms with E-state index in [1.165, 1.54) is 35.6 Å². The van der Waals surface area contributed by atoms with Gasteiger partial charge < -0.3 is 11.1 Å². The molecule has 2 heterocycles. The number of imidazole rings is 1. The van der Waals surface area contributed by atoms with Crippen molar-refractivity contribution < 1.29 is 9.59 Å². The number of thioether (sulfide) groups is 1. The van der Waals surface area contributed by atoms with Crippen molar-refractivity contribution >= 4 is 67.1 Å². The number of amides is 2. The van der Waals surface area contributed by atoms with Crippen LogP contribution in [-0.4, -0.2) is 32.1 Å². The van der Waals surface area contributed by atoms with Crippen molar-refractivity contribution in [3.63, 3.8) is 0 Å². The van der Waals surface area contributed by atoms with E-state index in [1.54, 1.807) is 24.4 Å². The molecule has 6 rings (SSSR count). The maximum atomic E-state index is 12.9. The molecule has 0 bridgehead atoms. The van der Waals surface area contributed by atoms with E-state index in [2.05, 4.69) is 67.2 Å². The predicted octanol–water partition coefficient (Wildman–Crippen LogP) is 6.04. The van der Waals surface area contributed by atoms with Crippen LogP contribution in [0, 0.1) is 0 Å². The van der Waals surface area contributed by atoms with Crippen LogP contribution in [0.1, 0.15) is 34.7 Å². The van der Waals surface area contributed by atoms with Gasteiger partial charge in [-0.1, -0.05) is 42.1 Å². The second-order valence-electron chi connectivity index (χ2n) is 8.97. The number of carbonyl (C=O) groups excluding carboxylic acids is 2. The van der Waals surface area contributed by atoms with Crippen molar-refractivity contribution in [2.75, 3.05) is 11.1 Å². The normalized spacial score (nSPS) is 13.2. The van der Waals surface area contributed by atoms with Gasteiger partial charge in [0.1, 0.15) is 0 Å². The number of hydrogen-bond acceptors (Lipinski definition) is 5. The lowest BCUT2D eigenvalue weighted by molar-refractivity contribution is -0.113. The lowest BCUT2D eigenvalue weighted by Crippen LogP contribution is -2.16. The number of primary amides is 1. The lowest BCUT2D eigenvalue weighted by atomic mass is 9.99. The van der Waals surface area contributed by atoms with E-state index in [0.29, 0.717) is 32.4 Å². The van der Waals surface area contributed by atoms with Gasteiger partial charge in [0.15, 0.2) is 10.8 Å². The highest BCUT2D eigenvalue weighted by Crippen LogP contribution is 2.44. The van der Waals surface area contributed by atoms with Crippen LogP contribution >= 0.6 is 27.7 Å². The van der Waals surface area contributed by atoms with Crippen LogP contribution in [0.25, 0.3) is 27.6 Å². The maximum Gasteiger partial charge on any atom is 0.248 e. The Bertz CT molecular complexity index is 1700. The quantitative estimate of drug-likeness (QED) is 0.232. The number of nitrogens with one attached hydrogen (secondary N) is 1. The van der Waals surface area contributed by atoms with Crippen LogP contribution in [0.3, 0.4) is 0 Å². The number of pyridine rings is 1. The number of halogens is 1. The average Bonchev–Trinajstić information content (AvgIpc) is 3.68. The molecule has 0 aliphatic heterocycles. The Labute approximate surface area is 225 Å². The van der Waals surface area contributed by atoms with E-state index < -0.39 is 5.91 Å². The fourth-order valence-corrected chi connectivity index (χ4v) is 5.85. The number of aromatic nitrogens is 3. The minimum Gasteiger partial charge on any atom is -0.366 e. The molecular weight excluding hydrogens is 550 g/mol. The Kier molecular flexibility index (Phi) is 6.18. The molecule has 2 aromatic heterocycles. The van der Waals surface area contributed by atoms with Crippen LogP contribution < -0.4 is 11.1 Å². The first kappa shape index (κ1) is 23.7. The van der Waals surface area contributed by atoms with Gasteiger partial charge in [-0.3, -0.25) is 14.2 Å². The minimum absolute atomic E-state index is 0.144. The van der Waals surface area contributed by atoms with Crippen LogP contribution in [0.15, 0.2) is 82.6 Å². The van der Waals surface area contributed by atoms with Gasteiger partial charge in [0.25, 0.3) is 0 Å². The summed E-state index contributed by atoms with van der Waals surface area (Å²) in [6.07, 6.45) is 4.19. The molecule has 37 heavy (non-hydrogen) atoms. The third kappa shape index (κ3) is 4.60. The summed E-state index contributed by atoms with van der Waals surface area (Å²) in [6, 6.07) is 21.6. The highest BCUT2D eigenvalue weighted by Gasteiger charge is 2.26. The molecule has 1 fully saturated rings. The summed E-state index contributed by atoms with van der Waals surface area (Å²) < 4.78 is 2.68. The van der Waals surface area contributed by atoms with Crippen molar-refractivity contribution in [1.82, 2.24) is 14.5 Å². The molecule has 0 spiro atoms. The number of nitrogens with zero attached hydrogens (tertiary/aromatic N) is 3. The van der Waals surface area contributed by atoms with Crippen molar-refractivity contribution in [2.24, 2.45) is 5.73 Å². The number of fused-ring (bicyclic) bond motifs is 2. The number of nitrogens with two attached hydrogens (primary N) is 1. The second kappa shape index (κ2) is 9.64. The largest absolute Gasteiger partial charge is 0.366 e. The van der Waals surface area contributed by atoms with E-state index in [1.807, 2.05) is 12.1 Å². The molecular formula is C28H22BrN5O2S. The van der Waals surface area contributed by atoms with Gasteiger partial charge in [-0.15, -0.1) is 0 Å². The van der Waals surface area contributed by atoms with E-state index in [-0.39, 0.29) is 11.7 Å². The molecule has 2 amide bonds. The Balaban J connectivity index is 1.33. The summed E-state index contributed by atoms with van der Waals surface area (Å²) in [5.41, 5.74) is 10.2. The Morgan fingerprint density at radius 3 is 2.62 bits per heavy atom. The van der Waals surface area contributed by atoms with E-state index >= 15 is 0 Å². The molecule has 3 N–H and O–H groups in total. The zero-order valence-electron chi connectivity index (χ0n) is 19.6. The van der Waals surface area contributed by atoms with Gasteiger partial charge in [0, 0.05) is 21.6 Å². The zero-order valence-corrected chi connectivity index (χ0v) is 22.1. The number of hydrogen-bond donors (Lipinski definition) is 2. The molecule has 1 aliphatic rings. The topological polar surface area (TPSA) is 103 Å². The van der Waals surface area contributed by atoms with Crippen molar-refractivity contribution in [2.45, 2.75) is 23.9 Å². The standard InChI is InChI=1S/C28H22BrN5O2S/c29-21-14-17(26(30)36)9-11-22(21)32-25(35)15-37-28-33-27-24(6-3-13-31-27)34(28)23-12-10-18(16-7-8-16)19-4-1-2-5-20(19)23/h1-6,9-14,16H,7-8,15H2,(H2,30,36)(H,32,35). The van der Waals surface area contributed by atoms with Gasteiger partial charge in [-0.05, 0) is 82.0 Å². The number of anilines is 1. The third-order valence-corrected chi connectivity index (χ3v) is 8.05. The van der Waals surface area contributed by atoms with Crippen LogP contribution in [-0.2, 0) is 4.79 Å². The first-order valence-corrected chi connectivity index (χ1v) is 13.6. The van der Waals surface area contributed by atoms with Gasteiger partial charge in [-0.25, -0.2) is 9.97 Å². The first-order valence-electron chi connectivity index (χ1n) is 11.9. The average molecular weight is 572 g/mol. The highest BCUT2D eigenvalue weighted by atomic mass is 79.9. The predicted molar refractivity (Wildman–Crippen MR) is 150 cm³/mol. The molecule has 7 nitrogen and oxygen atoms in total. The zero-order chi connectivity index (χ0) is 25.5. The van der Waals surface area contributed by atoms with Crippen molar-refractivity contribution in [3.05, 3.63) is 88.5 Å². The molecule has 9 heteroatoms. The van der Waals surface area contributed by atoms with E-state index in [4.69, 9.17) is 10.7 Å². The Morgan fingerprint density at radius 2 is 1.86 bits per heavy atom. The molecule has 0 saturated heterocycles. The van der Waals surface area contributed by atoms with Gasteiger partial charge in [0.2, 0.25) is 11.8 Å². The van der Waals surface area contributed by atoms with Gasteiger partial charge in [-0.2, -0.15) is 0 Å². The minimum atomic E-state index is -0.528. The van der Waals surface area contributed by atoms with Crippen LogP contribution in [0.5, 0.6) is 0 Å². The summed E-state index contributed by atoms with van der Waals surface area (Å²) >= 11 is 4.75. The van der Waals surface area contributed by atoms with Crippen LogP contribution in [0.2, 0.25) is 0 Å². The van der Waals surface area contributed by atoms with E-state index in [0.717, 1.165) is 16.6 Å². The van der Waals surface area contributed by atoms with E-state index in [9.17, 15) is 9.59 Å². The smallest absolute Gasteiger partial charge is 0.248 e. The molecule has 3 aromatic carbocycles.